The highest BCUT2D eigenvalue weighted by molar-refractivity contribution is 5.97. The van der Waals surface area contributed by atoms with Crippen LogP contribution in [-0.2, 0) is 6.42 Å². The van der Waals surface area contributed by atoms with Gasteiger partial charge in [0.05, 0.1) is 23.4 Å². The van der Waals surface area contributed by atoms with E-state index in [0.29, 0.717) is 11.6 Å². The molecular weight excluding hydrogens is 358 g/mol. The smallest absolute Gasteiger partial charge is 0.157 e. The first-order chi connectivity index (χ1) is 13.9. The Kier molecular flexibility index (Phi) is 4.87. The van der Waals surface area contributed by atoms with Crippen molar-refractivity contribution in [2.45, 2.75) is 53.1 Å². The molecule has 1 aliphatic heterocycles. The van der Waals surface area contributed by atoms with Crippen LogP contribution in [0.15, 0.2) is 30.3 Å². The summed E-state index contributed by atoms with van der Waals surface area (Å²) in [6, 6.07) is 13.2. The predicted octanol–water partition coefficient (Wildman–Crippen LogP) is 5.06. The van der Waals surface area contributed by atoms with E-state index in [2.05, 4.69) is 65.5 Å². The van der Waals surface area contributed by atoms with Crippen molar-refractivity contribution in [2.24, 2.45) is 0 Å². The van der Waals surface area contributed by atoms with E-state index in [1.807, 2.05) is 26.0 Å². The summed E-state index contributed by atoms with van der Waals surface area (Å²) in [5, 5.41) is 24.1. The van der Waals surface area contributed by atoms with E-state index < -0.39 is 0 Å². The van der Waals surface area contributed by atoms with E-state index in [-0.39, 0.29) is 6.04 Å². The molecular formula is C24H27N5. The summed E-state index contributed by atoms with van der Waals surface area (Å²) in [4.78, 5) is 2.46. The maximum Gasteiger partial charge on any atom is 0.157 e. The zero-order valence-corrected chi connectivity index (χ0v) is 17.7. The van der Waals surface area contributed by atoms with Crippen molar-refractivity contribution in [1.29, 1.82) is 5.26 Å². The minimum absolute atomic E-state index is 0.0120. The van der Waals surface area contributed by atoms with Crippen LogP contribution in [-0.4, -0.2) is 22.8 Å². The quantitative estimate of drug-likeness (QED) is 0.680. The molecule has 5 heteroatoms. The number of nitrogens with one attached hydrogen (secondary N) is 1. The van der Waals surface area contributed by atoms with Crippen LogP contribution in [0.4, 0.5) is 11.5 Å². The number of hydrogen-bond donors (Lipinski definition) is 1. The molecule has 1 aromatic heterocycles. The lowest BCUT2D eigenvalue weighted by Gasteiger charge is -2.25. The second-order valence-electron chi connectivity index (χ2n) is 8.20. The number of anilines is 2. The first-order valence-corrected chi connectivity index (χ1v) is 10.2. The summed E-state index contributed by atoms with van der Waals surface area (Å²) in [6.45, 7) is 11.7. The van der Waals surface area contributed by atoms with Gasteiger partial charge in [-0.25, -0.2) is 0 Å². The fraction of sp³-hybridized carbons (Fsp3) is 0.375. The van der Waals surface area contributed by atoms with Gasteiger partial charge in [0.2, 0.25) is 0 Å². The number of aryl methyl sites for hydroxylation is 1. The predicted molar refractivity (Wildman–Crippen MR) is 118 cm³/mol. The van der Waals surface area contributed by atoms with Crippen LogP contribution in [0.3, 0.4) is 0 Å². The van der Waals surface area contributed by atoms with Crippen molar-refractivity contribution >= 4 is 22.3 Å². The van der Waals surface area contributed by atoms with Crippen LogP contribution >= 0.6 is 0 Å². The summed E-state index contributed by atoms with van der Waals surface area (Å²) in [7, 11) is 0. The van der Waals surface area contributed by atoms with E-state index in [9.17, 15) is 5.26 Å². The van der Waals surface area contributed by atoms with Crippen LogP contribution < -0.4 is 10.2 Å². The number of fused-ring (bicyclic) bond motifs is 2. The van der Waals surface area contributed by atoms with Crippen LogP contribution in [0.1, 0.15) is 54.8 Å². The highest BCUT2D eigenvalue weighted by Gasteiger charge is 2.24. The summed E-state index contributed by atoms with van der Waals surface area (Å²) in [5.41, 5.74) is 6.46. The monoisotopic (exact) mass is 385 g/mol. The molecule has 0 spiro atoms. The van der Waals surface area contributed by atoms with E-state index in [1.165, 1.54) is 11.3 Å². The Hall–Kier alpha value is -3.13. The Morgan fingerprint density at radius 2 is 1.90 bits per heavy atom. The van der Waals surface area contributed by atoms with Crippen molar-refractivity contribution in [1.82, 2.24) is 10.2 Å². The van der Waals surface area contributed by atoms with Crippen LogP contribution in [0, 0.1) is 25.2 Å². The summed E-state index contributed by atoms with van der Waals surface area (Å²) < 4.78 is 0. The average molecular weight is 386 g/mol. The van der Waals surface area contributed by atoms with Gasteiger partial charge in [-0.05, 0) is 75.9 Å². The van der Waals surface area contributed by atoms with Crippen molar-refractivity contribution in [3.8, 4) is 6.07 Å². The topological polar surface area (TPSA) is 64.8 Å². The number of rotatable bonds is 4. The van der Waals surface area contributed by atoms with Crippen LogP contribution in [0.25, 0.3) is 10.8 Å². The number of aromatic nitrogens is 2. The lowest BCUT2D eigenvalue weighted by molar-refractivity contribution is 0.710. The van der Waals surface area contributed by atoms with E-state index in [1.54, 1.807) is 0 Å². The summed E-state index contributed by atoms with van der Waals surface area (Å²) in [6.07, 6.45) is 1.07. The SMILES string of the molecule is Cc1c(C#N)cccc1[C@@H](C)Nc1nnc(C)c2cc3c(cc12)N(C(C)C)CC3. The highest BCUT2D eigenvalue weighted by atomic mass is 15.2. The number of benzene rings is 2. The fourth-order valence-electron chi connectivity index (χ4n) is 4.36. The van der Waals surface area contributed by atoms with E-state index in [4.69, 9.17) is 0 Å². The molecule has 4 rings (SSSR count). The Bertz CT molecular complexity index is 1130. The third kappa shape index (κ3) is 3.29. The Balaban J connectivity index is 1.78. The van der Waals surface area contributed by atoms with Gasteiger partial charge in [0.25, 0.3) is 0 Å². The number of hydrogen-bond acceptors (Lipinski definition) is 5. The average Bonchev–Trinajstić information content (AvgIpc) is 3.12. The Labute approximate surface area is 172 Å². The second kappa shape index (κ2) is 7.36. The molecule has 0 radical (unpaired) electrons. The molecule has 0 fully saturated rings. The van der Waals surface area contributed by atoms with Crippen LogP contribution in [0.2, 0.25) is 0 Å². The first kappa shape index (κ1) is 19.2. The lowest BCUT2D eigenvalue weighted by Crippen LogP contribution is -2.28. The normalized spacial score (nSPS) is 14.2. The van der Waals surface area contributed by atoms with Gasteiger partial charge in [-0.2, -0.15) is 10.4 Å². The summed E-state index contributed by atoms with van der Waals surface area (Å²) >= 11 is 0. The minimum atomic E-state index is 0.0120. The fourth-order valence-corrected chi connectivity index (χ4v) is 4.36. The lowest BCUT2D eigenvalue weighted by atomic mass is 9.98. The van der Waals surface area contributed by atoms with Crippen LogP contribution in [0.5, 0.6) is 0 Å². The van der Waals surface area contributed by atoms with Gasteiger partial charge >= 0.3 is 0 Å². The maximum atomic E-state index is 9.35. The third-order valence-electron chi connectivity index (χ3n) is 6.03. The van der Waals surface area contributed by atoms with Crippen molar-refractivity contribution in [2.75, 3.05) is 16.8 Å². The molecule has 1 aliphatic rings. The van der Waals surface area contributed by atoms with E-state index in [0.717, 1.165) is 46.4 Å². The zero-order valence-electron chi connectivity index (χ0n) is 17.7. The van der Waals surface area contributed by atoms with Gasteiger partial charge in [-0.1, -0.05) is 12.1 Å². The minimum Gasteiger partial charge on any atom is -0.369 e. The summed E-state index contributed by atoms with van der Waals surface area (Å²) in [5.74, 6) is 0.790. The number of nitrogens with zero attached hydrogens (tertiary/aromatic N) is 4. The standard InChI is InChI=1S/C24H27N5/c1-14(2)29-10-9-18-11-21-17(5)27-28-24(22(21)12-23(18)29)26-16(4)20-8-6-7-19(13-25)15(20)3/h6-8,11-12,14,16H,9-10H2,1-5H3,(H,26,28)/t16-/m1/s1. The molecule has 3 aromatic rings. The van der Waals surface area contributed by atoms with Crippen molar-refractivity contribution in [3.05, 3.63) is 58.3 Å². The van der Waals surface area contributed by atoms with E-state index >= 15 is 0 Å². The molecule has 29 heavy (non-hydrogen) atoms. The number of nitriles is 1. The van der Waals surface area contributed by atoms with Gasteiger partial charge in [-0.3, -0.25) is 0 Å². The molecule has 0 saturated carbocycles. The van der Waals surface area contributed by atoms with Gasteiger partial charge < -0.3 is 10.2 Å². The molecule has 1 N–H and O–H groups in total. The van der Waals surface area contributed by atoms with Gasteiger partial charge in [0, 0.05) is 29.0 Å². The molecule has 0 bridgehead atoms. The van der Waals surface area contributed by atoms with Gasteiger partial charge in [0.15, 0.2) is 5.82 Å². The Morgan fingerprint density at radius 1 is 1.10 bits per heavy atom. The zero-order chi connectivity index (χ0) is 20.7. The molecule has 1 atom stereocenters. The van der Waals surface area contributed by atoms with Gasteiger partial charge in [-0.15, -0.1) is 5.10 Å². The van der Waals surface area contributed by atoms with Gasteiger partial charge in [0.1, 0.15) is 0 Å². The molecule has 0 aliphatic carbocycles. The van der Waals surface area contributed by atoms with Crippen molar-refractivity contribution in [3.63, 3.8) is 0 Å². The maximum absolute atomic E-state index is 9.35. The molecule has 2 heterocycles. The molecule has 0 amide bonds. The first-order valence-electron chi connectivity index (χ1n) is 10.2. The molecule has 148 valence electrons. The molecule has 5 nitrogen and oxygen atoms in total. The van der Waals surface area contributed by atoms with Crippen molar-refractivity contribution < 1.29 is 0 Å². The largest absolute Gasteiger partial charge is 0.369 e. The molecule has 2 aromatic carbocycles. The second-order valence-corrected chi connectivity index (χ2v) is 8.20. The highest BCUT2D eigenvalue weighted by Crippen LogP contribution is 2.37. The molecule has 0 saturated heterocycles. The third-order valence-corrected chi connectivity index (χ3v) is 6.03. The Morgan fingerprint density at radius 3 is 2.62 bits per heavy atom. The molecule has 0 unspecified atom stereocenters.